The van der Waals surface area contributed by atoms with E-state index < -0.39 is 41.1 Å². The van der Waals surface area contributed by atoms with Crippen LogP contribution >= 0.6 is 0 Å². The lowest BCUT2D eigenvalue weighted by atomic mass is 9.74. The minimum absolute atomic E-state index is 0.0177. The number of halogens is 3. The first-order valence-electron chi connectivity index (χ1n) is 15.4. The number of benzene rings is 2. The number of alkyl halides is 3. The zero-order valence-corrected chi connectivity index (χ0v) is 25.9. The fourth-order valence-corrected chi connectivity index (χ4v) is 6.45. The number of fused-ring (bicyclic) bond motifs is 1. The second-order valence-electron chi connectivity index (χ2n) is 11.8. The van der Waals surface area contributed by atoms with Crippen molar-refractivity contribution in [3.8, 4) is 5.75 Å². The summed E-state index contributed by atoms with van der Waals surface area (Å²) in [4.78, 5) is 43.1. The molecule has 1 aliphatic carbocycles. The number of esters is 2. The van der Waals surface area contributed by atoms with Gasteiger partial charge in [-0.25, -0.2) is 9.59 Å². The van der Waals surface area contributed by atoms with Gasteiger partial charge in [0.25, 0.3) is 0 Å². The number of hydrogen-bond acceptors (Lipinski definition) is 8. The van der Waals surface area contributed by atoms with Gasteiger partial charge in [0.2, 0.25) is 0 Å². The molecule has 244 valence electrons. The summed E-state index contributed by atoms with van der Waals surface area (Å²) in [5.41, 5.74) is -0.793. The summed E-state index contributed by atoms with van der Waals surface area (Å²) in [6.45, 7) is 5.20. The van der Waals surface area contributed by atoms with Crippen molar-refractivity contribution < 1.29 is 41.4 Å². The fourth-order valence-electron chi connectivity index (χ4n) is 6.45. The van der Waals surface area contributed by atoms with Crippen molar-refractivity contribution in [3.63, 3.8) is 0 Å². The van der Waals surface area contributed by atoms with Crippen LogP contribution in [-0.4, -0.2) is 37.5 Å². The van der Waals surface area contributed by atoms with Gasteiger partial charge in [0, 0.05) is 17.3 Å². The number of carbonyl (C=O) groups excluding carboxylic acids is 2. The summed E-state index contributed by atoms with van der Waals surface area (Å²) in [7, 11) is 0. The predicted octanol–water partition coefficient (Wildman–Crippen LogP) is 7.25. The highest BCUT2D eigenvalue weighted by Gasteiger charge is 2.46. The van der Waals surface area contributed by atoms with Crippen LogP contribution in [0.4, 0.5) is 13.2 Å². The molecule has 0 saturated heterocycles. The monoisotopic (exact) mass is 639 g/mol. The highest BCUT2D eigenvalue weighted by atomic mass is 19.4. The van der Waals surface area contributed by atoms with E-state index in [1.165, 1.54) is 31.2 Å². The molecule has 2 atom stereocenters. The summed E-state index contributed by atoms with van der Waals surface area (Å²) in [6, 6.07) is 13.4. The number of ether oxygens (including phenoxy) is 3. The van der Waals surface area contributed by atoms with Crippen molar-refractivity contribution in [1.82, 2.24) is 0 Å². The van der Waals surface area contributed by atoms with Gasteiger partial charge in [0.15, 0.2) is 0 Å². The van der Waals surface area contributed by atoms with Gasteiger partial charge >= 0.3 is 23.7 Å². The Hall–Kier alpha value is -4.41. The minimum atomic E-state index is -4.72. The molecule has 2 unspecified atom stereocenters. The number of para-hydroxylation sites is 1. The standard InChI is InChI=1S/C35H36F3NO7/c1-4-43-33(41)30-20(2)39-21(3)31(32(30)24-9-5-7-11-26(24)35(36,37)38)34(42)45-19-23-15-13-22(14-16-23)18-44-28-17-29(40)46-27-12-8-6-10-25(27)28/h5-12,17,22-23,30,32H,4,13-16,18-19H2,1-3H3. The molecule has 0 bridgehead atoms. The van der Waals surface area contributed by atoms with Crippen molar-refractivity contribution in [2.75, 3.05) is 19.8 Å². The van der Waals surface area contributed by atoms with E-state index >= 15 is 0 Å². The first-order chi connectivity index (χ1) is 22.0. The summed E-state index contributed by atoms with van der Waals surface area (Å²) in [6.07, 6.45) is -1.61. The molecule has 1 saturated carbocycles. The first-order valence-corrected chi connectivity index (χ1v) is 15.4. The number of aliphatic imine (C=N–C) groups is 1. The van der Waals surface area contributed by atoms with Crippen LogP contribution in [0.15, 0.2) is 80.1 Å². The Morgan fingerprint density at radius 2 is 1.59 bits per heavy atom. The molecule has 0 radical (unpaired) electrons. The Labute approximate surface area is 264 Å². The molecule has 2 aliphatic rings. The van der Waals surface area contributed by atoms with Crippen LogP contribution in [0.3, 0.4) is 0 Å². The number of rotatable bonds is 9. The molecule has 1 aromatic heterocycles. The van der Waals surface area contributed by atoms with E-state index in [4.69, 9.17) is 18.6 Å². The summed E-state index contributed by atoms with van der Waals surface area (Å²) < 4.78 is 64.7. The third-order valence-electron chi connectivity index (χ3n) is 8.69. The van der Waals surface area contributed by atoms with Crippen molar-refractivity contribution in [2.45, 2.75) is 58.5 Å². The lowest BCUT2D eigenvalue weighted by molar-refractivity contribution is -0.147. The van der Waals surface area contributed by atoms with Crippen LogP contribution in [0.2, 0.25) is 0 Å². The summed E-state index contributed by atoms with van der Waals surface area (Å²) >= 11 is 0. The smallest absolute Gasteiger partial charge is 0.416 e. The largest absolute Gasteiger partial charge is 0.492 e. The normalized spacial score (nSPS) is 21.9. The van der Waals surface area contributed by atoms with Gasteiger partial charge in [-0.2, -0.15) is 13.2 Å². The highest BCUT2D eigenvalue weighted by Crippen LogP contribution is 2.45. The van der Waals surface area contributed by atoms with E-state index in [0.29, 0.717) is 17.9 Å². The van der Waals surface area contributed by atoms with Gasteiger partial charge in [0.1, 0.15) is 17.3 Å². The molecular formula is C35H36F3NO7. The molecule has 0 amide bonds. The van der Waals surface area contributed by atoms with Crippen LogP contribution in [0.1, 0.15) is 63.5 Å². The Balaban J connectivity index is 1.27. The zero-order chi connectivity index (χ0) is 33.0. The second kappa shape index (κ2) is 13.9. The summed E-state index contributed by atoms with van der Waals surface area (Å²) in [5, 5.41) is 0.718. The molecule has 1 fully saturated rings. The maximum Gasteiger partial charge on any atom is 0.416 e. The topological polar surface area (TPSA) is 104 Å². The van der Waals surface area contributed by atoms with Crippen LogP contribution < -0.4 is 10.4 Å². The average molecular weight is 640 g/mol. The molecule has 11 heteroatoms. The quantitative estimate of drug-likeness (QED) is 0.179. The van der Waals surface area contributed by atoms with Crippen molar-refractivity contribution in [2.24, 2.45) is 22.7 Å². The molecule has 3 aromatic rings. The molecule has 2 aromatic carbocycles. The van der Waals surface area contributed by atoms with Crippen molar-refractivity contribution in [1.29, 1.82) is 0 Å². The van der Waals surface area contributed by atoms with E-state index in [1.54, 1.807) is 26.0 Å². The second-order valence-corrected chi connectivity index (χ2v) is 11.8. The van der Waals surface area contributed by atoms with Gasteiger partial charge in [-0.05, 0) is 82.1 Å². The van der Waals surface area contributed by atoms with Crippen LogP contribution in [-0.2, 0) is 25.2 Å². The molecule has 8 nitrogen and oxygen atoms in total. The zero-order valence-electron chi connectivity index (χ0n) is 25.9. The maximum absolute atomic E-state index is 14.2. The Morgan fingerprint density at radius 1 is 0.935 bits per heavy atom. The van der Waals surface area contributed by atoms with E-state index in [1.807, 2.05) is 12.1 Å². The highest BCUT2D eigenvalue weighted by molar-refractivity contribution is 6.07. The molecular weight excluding hydrogens is 603 g/mol. The average Bonchev–Trinajstić information content (AvgIpc) is 3.02. The number of nitrogens with zero attached hydrogens (tertiary/aromatic N) is 1. The molecule has 2 heterocycles. The third-order valence-corrected chi connectivity index (χ3v) is 8.69. The Kier molecular flexibility index (Phi) is 9.98. The van der Waals surface area contributed by atoms with Gasteiger partial charge < -0.3 is 18.6 Å². The SMILES string of the molecule is CCOC(=O)C1C(C)=NC(C)=C(C(=O)OCC2CCC(COc3cc(=O)oc4ccccc34)CC2)C1c1ccccc1C(F)(F)F. The maximum atomic E-state index is 14.2. The van der Waals surface area contributed by atoms with Gasteiger partial charge in [-0.15, -0.1) is 0 Å². The molecule has 46 heavy (non-hydrogen) atoms. The lowest BCUT2D eigenvalue weighted by Gasteiger charge is -2.33. The van der Waals surface area contributed by atoms with E-state index in [0.717, 1.165) is 37.1 Å². The molecule has 0 spiro atoms. The van der Waals surface area contributed by atoms with Crippen molar-refractivity contribution in [3.05, 3.63) is 87.4 Å². The van der Waals surface area contributed by atoms with Crippen molar-refractivity contribution >= 4 is 28.6 Å². The van der Waals surface area contributed by atoms with Gasteiger partial charge in [0.05, 0.1) is 42.4 Å². The Morgan fingerprint density at radius 3 is 2.28 bits per heavy atom. The molecule has 5 rings (SSSR count). The number of hydrogen-bond donors (Lipinski definition) is 0. The first kappa shape index (κ1) is 33.0. The molecule has 1 aliphatic heterocycles. The lowest BCUT2D eigenvalue weighted by Crippen LogP contribution is -2.37. The van der Waals surface area contributed by atoms with Crippen LogP contribution in [0.25, 0.3) is 11.0 Å². The van der Waals surface area contributed by atoms with Gasteiger partial charge in [-0.3, -0.25) is 9.79 Å². The predicted molar refractivity (Wildman–Crippen MR) is 165 cm³/mol. The number of allylic oxidation sites excluding steroid dienone is 1. The van der Waals surface area contributed by atoms with E-state index in [-0.39, 0.29) is 47.6 Å². The molecule has 0 N–H and O–H groups in total. The van der Waals surface area contributed by atoms with E-state index in [2.05, 4.69) is 4.99 Å². The van der Waals surface area contributed by atoms with Crippen LogP contribution in [0, 0.1) is 17.8 Å². The fraction of sp³-hybridized carbons (Fsp3) is 0.429. The van der Waals surface area contributed by atoms with Gasteiger partial charge in [-0.1, -0.05) is 30.3 Å². The third kappa shape index (κ3) is 7.18. The van der Waals surface area contributed by atoms with Crippen LogP contribution in [0.5, 0.6) is 5.75 Å². The van der Waals surface area contributed by atoms with E-state index in [9.17, 15) is 27.6 Å². The number of carbonyl (C=O) groups is 2. The summed E-state index contributed by atoms with van der Waals surface area (Å²) in [5.74, 6) is -3.32. The Bertz CT molecular complexity index is 1720. The minimum Gasteiger partial charge on any atom is -0.492 e.